The van der Waals surface area contributed by atoms with Crippen LogP contribution < -0.4 is 0 Å². The van der Waals surface area contributed by atoms with Crippen molar-refractivity contribution in [1.29, 1.82) is 0 Å². The number of carbonyl (C=O) groups is 1. The normalized spacial score (nSPS) is 15.8. The van der Waals surface area contributed by atoms with Crippen LogP contribution in [0.3, 0.4) is 0 Å². The zero-order chi connectivity index (χ0) is 17.3. The number of hydrogen-bond acceptors (Lipinski definition) is 2. The quantitative estimate of drug-likeness (QED) is 0.842. The molecule has 0 atom stereocenters. The van der Waals surface area contributed by atoms with Gasteiger partial charge in [-0.15, -0.1) is 0 Å². The Bertz CT molecular complexity index is 733. The summed E-state index contributed by atoms with van der Waals surface area (Å²) in [5, 5.41) is 4.75. The predicted octanol–water partition coefficient (Wildman–Crippen LogP) is 3.90. The van der Waals surface area contributed by atoms with Gasteiger partial charge in [0.15, 0.2) is 0 Å². The number of likely N-dealkylation sites (tertiary alicyclic amines) is 1. The molecule has 1 aliphatic rings. The van der Waals surface area contributed by atoms with E-state index in [0.29, 0.717) is 28.9 Å². The molecule has 1 saturated heterocycles. The van der Waals surface area contributed by atoms with E-state index in [4.69, 9.17) is 11.6 Å². The average molecular weight is 350 g/mol. The van der Waals surface area contributed by atoms with Gasteiger partial charge in [-0.25, -0.2) is 9.07 Å². The summed E-state index contributed by atoms with van der Waals surface area (Å²) in [7, 11) is 0. The number of rotatable bonds is 3. The molecule has 24 heavy (non-hydrogen) atoms. The first kappa shape index (κ1) is 17.0. The molecule has 0 unspecified atom stereocenters. The molecule has 6 heteroatoms. The third-order valence-electron chi connectivity index (χ3n) is 4.60. The van der Waals surface area contributed by atoms with E-state index in [1.807, 2.05) is 4.90 Å². The van der Waals surface area contributed by atoms with E-state index in [1.54, 1.807) is 23.7 Å². The summed E-state index contributed by atoms with van der Waals surface area (Å²) in [6.07, 6.45) is 2.04. The number of nitrogens with zero attached hydrogens (tertiary/aromatic N) is 3. The standard InChI is InChI=1S/C18H21ClFN3O/c1-12-7-9-22(10-8-12)18(24)16-13(2)21-23(17(16)19)11-14-3-5-15(20)6-4-14/h3-6,12H,7-11H2,1-2H3. The first-order chi connectivity index (χ1) is 11.5. The molecule has 1 amide bonds. The van der Waals surface area contributed by atoms with Crippen LogP contribution in [0.25, 0.3) is 0 Å². The highest BCUT2D eigenvalue weighted by Crippen LogP contribution is 2.25. The van der Waals surface area contributed by atoms with Crippen molar-refractivity contribution in [2.24, 2.45) is 5.92 Å². The Balaban J connectivity index is 1.81. The van der Waals surface area contributed by atoms with Gasteiger partial charge in [-0.1, -0.05) is 30.7 Å². The van der Waals surface area contributed by atoms with Crippen molar-refractivity contribution >= 4 is 17.5 Å². The molecule has 1 aromatic heterocycles. The summed E-state index contributed by atoms with van der Waals surface area (Å²) in [5.74, 6) is 0.332. The minimum absolute atomic E-state index is 0.0465. The molecule has 0 N–H and O–H groups in total. The topological polar surface area (TPSA) is 38.1 Å². The van der Waals surface area contributed by atoms with Crippen LogP contribution in [0.1, 0.15) is 41.4 Å². The minimum atomic E-state index is -0.281. The number of piperidine rings is 1. The first-order valence-electron chi connectivity index (χ1n) is 8.22. The highest BCUT2D eigenvalue weighted by molar-refractivity contribution is 6.33. The van der Waals surface area contributed by atoms with Crippen LogP contribution in [-0.4, -0.2) is 33.7 Å². The second-order valence-electron chi connectivity index (χ2n) is 6.51. The van der Waals surface area contributed by atoms with Crippen molar-refractivity contribution in [1.82, 2.24) is 14.7 Å². The van der Waals surface area contributed by atoms with E-state index in [-0.39, 0.29) is 11.7 Å². The van der Waals surface area contributed by atoms with Gasteiger partial charge in [-0.05, 0) is 43.4 Å². The van der Waals surface area contributed by atoms with E-state index < -0.39 is 0 Å². The van der Waals surface area contributed by atoms with E-state index in [2.05, 4.69) is 12.0 Å². The van der Waals surface area contributed by atoms with Crippen LogP contribution in [0.15, 0.2) is 24.3 Å². The van der Waals surface area contributed by atoms with Gasteiger partial charge in [0.05, 0.1) is 17.8 Å². The van der Waals surface area contributed by atoms with Gasteiger partial charge < -0.3 is 4.90 Å². The lowest BCUT2D eigenvalue weighted by Crippen LogP contribution is -2.38. The predicted molar refractivity (Wildman–Crippen MR) is 91.8 cm³/mol. The minimum Gasteiger partial charge on any atom is -0.338 e. The van der Waals surface area contributed by atoms with Crippen LogP contribution in [0.4, 0.5) is 4.39 Å². The van der Waals surface area contributed by atoms with E-state index in [9.17, 15) is 9.18 Å². The molecule has 0 aliphatic carbocycles. The smallest absolute Gasteiger partial charge is 0.258 e. The summed E-state index contributed by atoms with van der Waals surface area (Å²) in [6, 6.07) is 6.19. The van der Waals surface area contributed by atoms with Gasteiger partial charge in [0.1, 0.15) is 11.0 Å². The first-order valence-corrected chi connectivity index (χ1v) is 8.60. The highest BCUT2D eigenvalue weighted by atomic mass is 35.5. The van der Waals surface area contributed by atoms with Gasteiger partial charge in [0, 0.05) is 13.1 Å². The lowest BCUT2D eigenvalue weighted by atomic mass is 9.99. The molecule has 1 aliphatic heterocycles. The van der Waals surface area contributed by atoms with Crippen molar-refractivity contribution in [3.63, 3.8) is 0 Å². The lowest BCUT2D eigenvalue weighted by Gasteiger charge is -2.30. The maximum Gasteiger partial charge on any atom is 0.258 e. The van der Waals surface area contributed by atoms with Crippen LogP contribution in [0.5, 0.6) is 0 Å². The van der Waals surface area contributed by atoms with Crippen LogP contribution >= 0.6 is 11.6 Å². The third-order valence-corrected chi connectivity index (χ3v) is 4.98. The van der Waals surface area contributed by atoms with Gasteiger partial charge in [0.25, 0.3) is 5.91 Å². The van der Waals surface area contributed by atoms with Crippen LogP contribution in [0, 0.1) is 18.7 Å². The molecule has 2 aromatic rings. The Hall–Kier alpha value is -1.88. The SMILES string of the molecule is Cc1nn(Cc2ccc(F)cc2)c(Cl)c1C(=O)N1CCC(C)CC1. The monoisotopic (exact) mass is 349 g/mol. The molecule has 128 valence electrons. The fraction of sp³-hybridized carbons (Fsp3) is 0.444. The van der Waals surface area contributed by atoms with Crippen molar-refractivity contribution in [3.8, 4) is 0 Å². The molecular formula is C18H21ClFN3O. The summed E-state index contributed by atoms with van der Waals surface area (Å²) in [6.45, 7) is 5.94. The van der Waals surface area contributed by atoms with Crippen molar-refractivity contribution < 1.29 is 9.18 Å². The average Bonchev–Trinajstić information content (AvgIpc) is 2.83. The van der Waals surface area contributed by atoms with Gasteiger partial charge in [0.2, 0.25) is 0 Å². The summed E-state index contributed by atoms with van der Waals surface area (Å²) in [5.41, 5.74) is 1.99. The fourth-order valence-electron chi connectivity index (χ4n) is 3.03. The van der Waals surface area contributed by atoms with E-state index in [1.165, 1.54) is 12.1 Å². The summed E-state index contributed by atoms with van der Waals surface area (Å²) < 4.78 is 14.6. The fourth-order valence-corrected chi connectivity index (χ4v) is 3.35. The van der Waals surface area contributed by atoms with Crippen molar-refractivity contribution in [2.75, 3.05) is 13.1 Å². The lowest BCUT2D eigenvalue weighted by molar-refractivity contribution is 0.0696. The van der Waals surface area contributed by atoms with E-state index >= 15 is 0 Å². The second-order valence-corrected chi connectivity index (χ2v) is 6.87. The summed E-state index contributed by atoms with van der Waals surface area (Å²) in [4.78, 5) is 14.7. The van der Waals surface area contributed by atoms with Gasteiger partial charge >= 0.3 is 0 Å². The van der Waals surface area contributed by atoms with E-state index in [0.717, 1.165) is 31.5 Å². The molecule has 2 heterocycles. The highest BCUT2D eigenvalue weighted by Gasteiger charge is 2.27. The molecular weight excluding hydrogens is 329 g/mol. The third kappa shape index (κ3) is 3.46. The molecule has 3 rings (SSSR count). The number of hydrogen-bond donors (Lipinski definition) is 0. The molecule has 0 radical (unpaired) electrons. The maximum atomic E-state index is 13.0. The molecule has 0 spiro atoms. The number of amides is 1. The Morgan fingerprint density at radius 3 is 2.54 bits per heavy atom. The number of aryl methyl sites for hydroxylation is 1. The Kier molecular flexibility index (Phi) is 4.90. The molecule has 1 fully saturated rings. The van der Waals surface area contributed by atoms with Gasteiger partial charge in [-0.3, -0.25) is 4.79 Å². The zero-order valence-electron chi connectivity index (χ0n) is 13.9. The maximum absolute atomic E-state index is 13.0. The van der Waals surface area contributed by atoms with Crippen LogP contribution in [-0.2, 0) is 6.54 Å². The van der Waals surface area contributed by atoms with Crippen LogP contribution in [0.2, 0.25) is 5.15 Å². The number of benzene rings is 1. The number of aromatic nitrogens is 2. The number of halogens is 2. The molecule has 0 bridgehead atoms. The van der Waals surface area contributed by atoms with Crippen molar-refractivity contribution in [3.05, 3.63) is 52.1 Å². The Labute approximate surface area is 146 Å². The van der Waals surface area contributed by atoms with Gasteiger partial charge in [-0.2, -0.15) is 5.10 Å². The Morgan fingerprint density at radius 2 is 1.92 bits per heavy atom. The molecule has 4 nitrogen and oxygen atoms in total. The molecule has 1 aromatic carbocycles. The van der Waals surface area contributed by atoms with Crippen molar-refractivity contribution in [2.45, 2.75) is 33.2 Å². The largest absolute Gasteiger partial charge is 0.338 e. The molecule has 0 saturated carbocycles. The Morgan fingerprint density at radius 1 is 1.29 bits per heavy atom. The summed E-state index contributed by atoms with van der Waals surface area (Å²) >= 11 is 6.43. The second kappa shape index (κ2) is 6.93. The zero-order valence-corrected chi connectivity index (χ0v) is 14.7. The number of carbonyl (C=O) groups excluding carboxylic acids is 1.